The van der Waals surface area contributed by atoms with E-state index in [0.29, 0.717) is 5.75 Å². The molecule has 0 fully saturated rings. The Morgan fingerprint density at radius 3 is 2.35 bits per heavy atom. The second-order valence-corrected chi connectivity index (χ2v) is 4.84. The number of phenols is 2. The fraction of sp³-hybridized carbons (Fsp3) is 0.125. The fourth-order valence-corrected chi connectivity index (χ4v) is 1.81. The van der Waals surface area contributed by atoms with Crippen molar-refractivity contribution in [2.75, 3.05) is 5.32 Å². The van der Waals surface area contributed by atoms with Crippen molar-refractivity contribution in [2.45, 2.75) is 13.0 Å². The minimum atomic E-state index is -0.838. The molecule has 23 heavy (non-hydrogen) atoms. The van der Waals surface area contributed by atoms with Crippen molar-refractivity contribution in [3.05, 3.63) is 48.0 Å². The molecular weight excluding hydrogens is 300 g/mol. The molecule has 7 heteroatoms. The van der Waals surface area contributed by atoms with Gasteiger partial charge in [0.25, 0.3) is 5.91 Å². The Morgan fingerprint density at radius 1 is 1.13 bits per heavy atom. The molecule has 2 aromatic rings. The molecule has 0 spiro atoms. The number of anilines is 1. The largest absolute Gasteiger partial charge is 0.508 e. The number of phenolic OH excluding ortho intramolecular Hbond substituents is 2. The van der Waals surface area contributed by atoms with E-state index in [1.54, 1.807) is 0 Å². The van der Waals surface area contributed by atoms with Crippen LogP contribution in [0, 0.1) is 0 Å². The van der Waals surface area contributed by atoms with Crippen LogP contribution in [0.1, 0.15) is 17.3 Å². The smallest absolute Gasteiger partial charge is 0.265 e. The Balaban J connectivity index is 2.03. The molecule has 0 radical (unpaired) electrons. The number of benzene rings is 2. The van der Waals surface area contributed by atoms with Crippen molar-refractivity contribution < 1.29 is 24.5 Å². The monoisotopic (exact) mass is 316 g/mol. The molecule has 2 rings (SSSR count). The van der Waals surface area contributed by atoms with Gasteiger partial charge in [-0.3, -0.25) is 9.59 Å². The predicted molar refractivity (Wildman–Crippen MR) is 83.5 cm³/mol. The van der Waals surface area contributed by atoms with Gasteiger partial charge >= 0.3 is 0 Å². The van der Waals surface area contributed by atoms with Crippen molar-refractivity contribution in [1.82, 2.24) is 0 Å². The molecule has 0 saturated heterocycles. The highest BCUT2D eigenvalue weighted by Gasteiger charge is 2.17. The van der Waals surface area contributed by atoms with Crippen LogP contribution in [-0.4, -0.2) is 28.1 Å². The van der Waals surface area contributed by atoms with Crippen molar-refractivity contribution >= 4 is 17.5 Å². The van der Waals surface area contributed by atoms with E-state index in [2.05, 4.69) is 5.32 Å². The number of ether oxygens (including phenoxy) is 1. The number of carbonyl (C=O) groups is 2. The lowest BCUT2D eigenvalue weighted by atomic mass is 10.1. The average molecular weight is 316 g/mol. The van der Waals surface area contributed by atoms with Gasteiger partial charge in [-0.2, -0.15) is 0 Å². The molecule has 7 nitrogen and oxygen atoms in total. The van der Waals surface area contributed by atoms with E-state index >= 15 is 0 Å². The average Bonchev–Trinajstić information content (AvgIpc) is 2.51. The van der Waals surface area contributed by atoms with Gasteiger partial charge in [0.05, 0.1) is 5.69 Å². The fourth-order valence-electron chi connectivity index (χ4n) is 1.81. The van der Waals surface area contributed by atoms with E-state index in [4.69, 9.17) is 10.5 Å². The van der Waals surface area contributed by atoms with Gasteiger partial charge < -0.3 is 26.0 Å². The molecule has 0 aromatic heterocycles. The Morgan fingerprint density at radius 2 is 1.78 bits per heavy atom. The van der Waals surface area contributed by atoms with E-state index in [-0.39, 0.29) is 22.7 Å². The number of amides is 2. The summed E-state index contributed by atoms with van der Waals surface area (Å²) in [7, 11) is 0. The normalized spacial score (nSPS) is 11.5. The zero-order valence-corrected chi connectivity index (χ0v) is 12.3. The molecule has 0 heterocycles. The van der Waals surface area contributed by atoms with Gasteiger partial charge in [0.15, 0.2) is 6.10 Å². The minimum absolute atomic E-state index is 0.0916. The lowest BCUT2D eigenvalue weighted by Crippen LogP contribution is -2.30. The van der Waals surface area contributed by atoms with E-state index < -0.39 is 17.9 Å². The number of carbonyl (C=O) groups excluding carboxylic acids is 2. The van der Waals surface area contributed by atoms with Crippen LogP contribution in [0.3, 0.4) is 0 Å². The van der Waals surface area contributed by atoms with E-state index in [1.807, 2.05) is 0 Å². The third-order valence-corrected chi connectivity index (χ3v) is 3.06. The number of rotatable bonds is 5. The van der Waals surface area contributed by atoms with Crippen LogP contribution in [0.25, 0.3) is 0 Å². The van der Waals surface area contributed by atoms with Crippen LogP contribution in [0.2, 0.25) is 0 Å². The molecule has 0 aliphatic rings. The van der Waals surface area contributed by atoms with Crippen LogP contribution in [0.4, 0.5) is 5.69 Å². The molecule has 0 unspecified atom stereocenters. The summed E-state index contributed by atoms with van der Waals surface area (Å²) in [5.74, 6) is -0.929. The Bertz CT molecular complexity index is 728. The summed E-state index contributed by atoms with van der Waals surface area (Å²) in [4.78, 5) is 23.1. The van der Waals surface area contributed by atoms with E-state index in [9.17, 15) is 19.8 Å². The van der Waals surface area contributed by atoms with Gasteiger partial charge in [0.1, 0.15) is 17.2 Å². The van der Waals surface area contributed by atoms with Crippen LogP contribution in [0.15, 0.2) is 42.5 Å². The number of nitrogens with one attached hydrogen (secondary N) is 1. The first-order chi connectivity index (χ1) is 10.9. The Hall–Kier alpha value is -3.22. The number of hydrogen-bond donors (Lipinski definition) is 4. The third kappa shape index (κ3) is 4.13. The highest BCUT2D eigenvalue weighted by atomic mass is 16.5. The first-order valence-corrected chi connectivity index (χ1v) is 6.76. The summed E-state index contributed by atoms with van der Waals surface area (Å²) in [5.41, 5.74) is 5.38. The summed E-state index contributed by atoms with van der Waals surface area (Å²) in [6, 6.07) is 9.87. The summed E-state index contributed by atoms with van der Waals surface area (Å²) in [6.45, 7) is 1.54. The van der Waals surface area contributed by atoms with Crippen molar-refractivity contribution in [3.63, 3.8) is 0 Å². The first-order valence-electron chi connectivity index (χ1n) is 6.76. The highest BCUT2D eigenvalue weighted by molar-refractivity contribution is 5.97. The second kappa shape index (κ2) is 6.69. The number of hydrogen-bond acceptors (Lipinski definition) is 5. The number of nitrogens with two attached hydrogens (primary N) is 1. The maximum absolute atomic E-state index is 12.1. The van der Waals surface area contributed by atoms with Crippen molar-refractivity contribution in [1.29, 1.82) is 0 Å². The molecule has 2 aromatic carbocycles. The van der Waals surface area contributed by atoms with E-state index in [0.717, 1.165) is 0 Å². The molecule has 0 aliphatic carbocycles. The van der Waals surface area contributed by atoms with Crippen LogP contribution in [0.5, 0.6) is 17.2 Å². The van der Waals surface area contributed by atoms with Crippen molar-refractivity contribution in [3.8, 4) is 17.2 Å². The number of aromatic hydroxyl groups is 2. The molecule has 1 atom stereocenters. The molecular formula is C16H16N2O5. The molecule has 120 valence electrons. The zero-order chi connectivity index (χ0) is 17.0. The van der Waals surface area contributed by atoms with Gasteiger partial charge in [-0.25, -0.2) is 0 Å². The number of primary amides is 1. The summed E-state index contributed by atoms with van der Waals surface area (Å²) in [6.07, 6.45) is -0.838. The van der Waals surface area contributed by atoms with Gasteiger partial charge in [0, 0.05) is 5.56 Å². The Labute approximate surface area is 132 Å². The molecule has 5 N–H and O–H groups in total. The van der Waals surface area contributed by atoms with Gasteiger partial charge in [0.2, 0.25) is 5.91 Å². The molecule has 0 saturated carbocycles. The highest BCUT2D eigenvalue weighted by Crippen LogP contribution is 2.24. The van der Waals surface area contributed by atoms with Crippen LogP contribution in [-0.2, 0) is 4.79 Å². The molecule has 0 bridgehead atoms. The zero-order valence-electron chi connectivity index (χ0n) is 12.3. The van der Waals surface area contributed by atoms with Crippen LogP contribution < -0.4 is 15.8 Å². The maximum atomic E-state index is 12.1. The van der Waals surface area contributed by atoms with Crippen LogP contribution >= 0.6 is 0 Å². The SMILES string of the molecule is C[C@@H](Oc1ccc(O)cc1)C(=O)Nc1ccc(C(N)=O)cc1O. The van der Waals surface area contributed by atoms with Gasteiger partial charge in [-0.05, 0) is 49.4 Å². The summed E-state index contributed by atoms with van der Waals surface area (Å²) >= 11 is 0. The lowest BCUT2D eigenvalue weighted by Gasteiger charge is -2.15. The topological polar surface area (TPSA) is 122 Å². The maximum Gasteiger partial charge on any atom is 0.265 e. The lowest BCUT2D eigenvalue weighted by molar-refractivity contribution is -0.122. The summed E-state index contributed by atoms with van der Waals surface area (Å²) < 4.78 is 5.43. The molecule has 0 aliphatic heterocycles. The molecule has 2 amide bonds. The quantitative estimate of drug-likeness (QED) is 0.624. The second-order valence-electron chi connectivity index (χ2n) is 4.84. The third-order valence-electron chi connectivity index (χ3n) is 3.06. The standard InChI is InChI=1S/C16H16N2O5/c1-9(23-12-5-3-11(19)4-6-12)16(22)18-13-7-2-10(15(17)21)8-14(13)20/h2-9,19-20H,1H3,(H2,17,21)(H,18,22)/t9-/m1/s1. The van der Waals surface area contributed by atoms with Gasteiger partial charge in [-0.15, -0.1) is 0 Å². The minimum Gasteiger partial charge on any atom is -0.508 e. The predicted octanol–water partition coefficient (Wildman–Crippen LogP) is 1.60. The van der Waals surface area contributed by atoms with E-state index in [1.165, 1.54) is 49.4 Å². The Kier molecular flexibility index (Phi) is 4.70. The summed E-state index contributed by atoms with van der Waals surface area (Å²) in [5, 5.41) is 21.5. The first kappa shape index (κ1) is 16.2. The van der Waals surface area contributed by atoms with Gasteiger partial charge in [-0.1, -0.05) is 0 Å². The van der Waals surface area contributed by atoms with Crippen molar-refractivity contribution in [2.24, 2.45) is 5.73 Å².